The van der Waals surface area contributed by atoms with Crippen molar-refractivity contribution in [2.24, 2.45) is 0 Å². The highest BCUT2D eigenvalue weighted by Gasteiger charge is 2.14. The molecule has 0 radical (unpaired) electrons. The fourth-order valence-corrected chi connectivity index (χ4v) is 2.71. The number of aryl methyl sites for hydroxylation is 1. The number of fused-ring (bicyclic) bond motifs is 1. The number of nitrogens with one attached hydrogen (secondary N) is 2. The molecular weight excluding hydrogens is 252 g/mol. The lowest BCUT2D eigenvalue weighted by Crippen LogP contribution is -2.35. The van der Waals surface area contributed by atoms with E-state index in [-0.39, 0.29) is 6.03 Å². The Bertz CT molecular complexity index is 460. The first-order valence-corrected chi connectivity index (χ1v) is 7.54. The summed E-state index contributed by atoms with van der Waals surface area (Å²) in [4.78, 5) is 11.9. The van der Waals surface area contributed by atoms with Gasteiger partial charge in [0.1, 0.15) is 0 Å². The Labute approximate surface area is 120 Å². The molecule has 0 heterocycles. The Kier molecular flexibility index (Phi) is 5.41. The van der Waals surface area contributed by atoms with Crippen molar-refractivity contribution in [3.05, 3.63) is 29.3 Å². The molecule has 1 aliphatic rings. The molecule has 3 N–H and O–H groups in total. The standard InChI is InChI=1S/C16H24N2O2/c1-2-6-13(19)11-17-16(20)18-15-10-5-8-12-7-3-4-9-14(12)15/h5,8,10,13,19H,2-4,6-7,9,11H2,1H3,(H2,17,18,20). The summed E-state index contributed by atoms with van der Waals surface area (Å²) < 4.78 is 0. The smallest absolute Gasteiger partial charge is 0.319 e. The van der Waals surface area contributed by atoms with Crippen LogP contribution in [0.5, 0.6) is 0 Å². The lowest BCUT2D eigenvalue weighted by Gasteiger charge is -2.20. The van der Waals surface area contributed by atoms with Gasteiger partial charge in [-0.15, -0.1) is 0 Å². The molecule has 1 aromatic rings. The van der Waals surface area contributed by atoms with E-state index >= 15 is 0 Å². The van der Waals surface area contributed by atoms with E-state index in [0.717, 1.165) is 24.9 Å². The molecule has 0 aliphatic heterocycles. The summed E-state index contributed by atoms with van der Waals surface area (Å²) in [6.45, 7) is 2.31. The number of aliphatic hydroxyl groups is 1. The van der Waals surface area contributed by atoms with Gasteiger partial charge in [-0.2, -0.15) is 0 Å². The van der Waals surface area contributed by atoms with E-state index in [9.17, 15) is 9.90 Å². The molecule has 0 aromatic heterocycles. The highest BCUT2D eigenvalue weighted by Crippen LogP contribution is 2.27. The molecular formula is C16H24N2O2. The Morgan fingerprint density at radius 1 is 1.35 bits per heavy atom. The number of hydrogen-bond acceptors (Lipinski definition) is 2. The van der Waals surface area contributed by atoms with E-state index < -0.39 is 6.10 Å². The van der Waals surface area contributed by atoms with Gasteiger partial charge in [-0.1, -0.05) is 25.5 Å². The molecule has 2 amide bonds. The second-order valence-electron chi connectivity index (χ2n) is 5.43. The number of hydrogen-bond donors (Lipinski definition) is 3. The summed E-state index contributed by atoms with van der Waals surface area (Å²) in [5.74, 6) is 0. The van der Waals surface area contributed by atoms with Gasteiger partial charge < -0.3 is 15.7 Å². The first kappa shape index (κ1) is 14.9. The molecule has 2 rings (SSSR count). The molecule has 4 nitrogen and oxygen atoms in total. The first-order chi connectivity index (χ1) is 9.70. The van der Waals surface area contributed by atoms with Gasteiger partial charge in [0.25, 0.3) is 0 Å². The van der Waals surface area contributed by atoms with Crippen LogP contribution in [-0.2, 0) is 12.8 Å². The number of carbonyl (C=O) groups excluding carboxylic acids is 1. The number of rotatable bonds is 5. The third-order valence-electron chi connectivity index (χ3n) is 3.76. The summed E-state index contributed by atoms with van der Waals surface area (Å²) >= 11 is 0. The van der Waals surface area contributed by atoms with Gasteiger partial charge in [0, 0.05) is 12.2 Å². The summed E-state index contributed by atoms with van der Waals surface area (Å²) in [5.41, 5.74) is 3.52. The average molecular weight is 276 g/mol. The Morgan fingerprint density at radius 3 is 2.95 bits per heavy atom. The Morgan fingerprint density at radius 2 is 2.15 bits per heavy atom. The van der Waals surface area contributed by atoms with Crippen molar-refractivity contribution in [1.82, 2.24) is 5.32 Å². The Balaban J connectivity index is 1.91. The fourth-order valence-electron chi connectivity index (χ4n) is 2.71. The van der Waals surface area contributed by atoms with Crippen LogP contribution in [0.3, 0.4) is 0 Å². The quantitative estimate of drug-likeness (QED) is 0.774. The van der Waals surface area contributed by atoms with Crippen LogP contribution in [0.25, 0.3) is 0 Å². The lowest BCUT2D eigenvalue weighted by molar-refractivity contribution is 0.162. The maximum absolute atomic E-state index is 11.9. The highest BCUT2D eigenvalue weighted by atomic mass is 16.3. The largest absolute Gasteiger partial charge is 0.391 e. The third kappa shape index (κ3) is 3.97. The maximum atomic E-state index is 11.9. The molecule has 110 valence electrons. The van der Waals surface area contributed by atoms with E-state index in [4.69, 9.17) is 0 Å². The topological polar surface area (TPSA) is 61.4 Å². The third-order valence-corrected chi connectivity index (χ3v) is 3.76. The number of benzene rings is 1. The van der Waals surface area contributed by atoms with Crippen molar-refractivity contribution in [3.8, 4) is 0 Å². The lowest BCUT2D eigenvalue weighted by atomic mass is 9.90. The van der Waals surface area contributed by atoms with Crippen LogP contribution in [0.1, 0.15) is 43.7 Å². The van der Waals surface area contributed by atoms with Crippen molar-refractivity contribution in [3.63, 3.8) is 0 Å². The van der Waals surface area contributed by atoms with Crippen LogP contribution in [0.2, 0.25) is 0 Å². The molecule has 0 saturated heterocycles. The molecule has 0 spiro atoms. The SMILES string of the molecule is CCCC(O)CNC(=O)Nc1cccc2c1CCCC2. The minimum Gasteiger partial charge on any atom is -0.391 e. The number of anilines is 1. The number of urea groups is 1. The van der Waals surface area contributed by atoms with E-state index in [1.54, 1.807) is 0 Å². The molecule has 0 saturated carbocycles. The zero-order valence-corrected chi connectivity index (χ0v) is 12.1. The van der Waals surface area contributed by atoms with Crippen molar-refractivity contribution in [2.75, 3.05) is 11.9 Å². The Hall–Kier alpha value is -1.55. The van der Waals surface area contributed by atoms with Crippen LogP contribution in [0.15, 0.2) is 18.2 Å². The normalized spacial score (nSPS) is 15.3. The van der Waals surface area contributed by atoms with Gasteiger partial charge in [0.05, 0.1) is 6.10 Å². The van der Waals surface area contributed by atoms with Gasteiger partial charge in [-0.05, 0) is 49.3 Å². The van der Waals surface area contributed by atoms with E-state index in [1.165, 1.54) is 24.0 Å². The number of carbonyl (C=O) groups is 1. The van der Waals surface area contributed by atoms with E-state index in [1.807, 2.05) is 19.1 Å². The summed E-state index contributed by atoms with van der Waals surface area (Å²) in [7, 11) is 0. The molecule has 0 bridgehead atoms. The minimum atomic E-state index is -0.463. The second kappa shape index (κ2) is 7.29. The minimum absolute atomic E-state index is 0.237. The van der Waals surface area contributed by atoms with Crippen molar-refractivity contribution in [1.29, 1.82) is 0 Å². The van der Waals surface area contributed by atoms with Gasteiger partial charge >= 0.3 is 6.03 Å². The monoisotopic (exact) mass is 276 g/mol. The van der Waals surface area contributed by atoms with Crippen molar-refractivity contribution >= 4 is 11.7 Å². The van der Waals surface area contributed by atoms with Gasteiger partial charge in [-0.3, -0.25) is 0 Å². The summed E-state index contributed by atoms with van der Waals surface area (Å²) in [5, 5.41) is 15.2. The van der Waals surface area contributed by atoms with Crippen LogP contribution in [0, 0.1) is 0 Å². The molecule has 1 aromatic carbocycles. The molecule has 20 heavy (non-hydrogen) atoms. The van der Waals surface area contributed by atoms with Crippen LogP contribution in [-0.4, -0.2) is 23.8 Å². The zero-order valence-electron chi connectivity index (χ0n) is 12.1. The van der Waals surface area contributed by atoms with Gasteiger partial charge in [0.2, 0.25) is 0 Å². The first-order valence-electron chi connectivity index (χ1n) is 7.54. The number of aliphatic hydroxyl groups excluding tert-OH is 1. The van der Waals surface area contributed by atoms with Crippen LogP contribution >= 0.6 is 0 Å². The van der Waals surface area contributed by atoms with Gasteiger partial charge in [-0.25, -0.2) is 4.79 Å². The fraction of sp³-hybridized carbons (Fsp3) is 0.562. The predicted octanol–water partition coefficient (Wildman–Crippen LogP) is 2.85. The molecule has 0 fully saturated rings. The summed E-state index contributed by atoms with van der Waals surface area (Å²) in [6, 6.07) is 5.85. The van der Waals surface area contributed by atoms with E-state index in [0.29, 0.717) is 13.0 Å². The maximum Gasteiger partial charge on any atom is 0.319 e. The highest BCUT2D eigenvalue weighted by molar-refractivity contribution is 5.90. The molecule has 4 heteroatoms. The predicted molar refractivity (Wildman–Crippen MR) is 81.0 cm³/mol. The average Bonchev–Trinajstić information content (AvgIpc) is 2.46. The molecule has 1 aliphatic carbocycles. The summed E-state index contributed by atoms with van der Waals surface area (Å²) in [6.07, 6.45) is 5.70. The van der Waals surface area contributed by atoms with Crippen LogP contribution < -0.4 is 10.6 Å². The van der Waals surface area contributed by atoms with E-state index in [2.05, 4.69) is 16.7 Å². The number of amides is 2. The van der Waals surface area contributed by atoms with Crippen LogP contribution in [0.4, 0.5) is 10.5 Å². The molecule has 1 atom stereocenters. The second-order valence-corrected chi connectivity index (χ2v) is 5.43. The van der Waals surface area contributed by atoms with Gasteiger partial charge in [0.15, 0.2) is 0 Å². The molecule has 1 unspecified atom stereocenters. The zero-order chi connectivity index (χ0) is 14.4. The van der Waals surface area contributed by atoms with Crippen molar-refractivity contribution < 1.29 is 9.90 Å². The van der Waals surface area contributed by atoms with Crippen molar-refractivity contribution in [2.45, 2.75) is 51.6 Å².